The Balaban J connectivity index is 1.84. The van der Waals surface area contributed by atoms with E-state index in [1.807, 2.05) is 0 Å². The highest BCUT2D eigenvalue weighted by Crippen LogP contribution is 2.14. The number of amides is 2. The lowest BCUT2D eigenvalue weighted by atomic mass is 10.1. The van der Waals surface area contributed by atoms with Crippen LogP contribution in [0.5, 0.6) is 0 Å². The molecule has 0 aromatic heterocycles. The van der Waals surface area contributed by atoms with Gasteiger partial charge in [-0.1, -0.05) is 12.1 Å². The quantitative estimate of drug-likeness (QED) is 0.896. The number of aliphatic hydroxyl groups is 1. The summed E-state index contributed by atoms with van der Waals surface area (Å²) < 4.78 is 26.7. The molecule has 126 valence electrons. The van der Waals surface area contributed by atoms with Crippen LogP contribution in [-0.2, 0) is 16.0 Å². The Bertz CT molecular complexity index is 585. The molecule has 1 N–H and O–H groups in total. The summed E-state index contributed by atoms with van der Waals surface area (Å²) >= 11 is 0. The van der Waals surface area contributed by atoms with Gasteiger partial charge in [-0.05, 0) is 25.0 Å². The highest BCUT2D eigenvalue weighted by molar-refractivity contribution is 5.81. The summed E-state index contributed by atoms with van der Waals surface area (Å²) in [6, 6.07) is 3.92. The summed E-state index contributed by atoms with van der Waals surface area (Å²) in [6.07, 6.45) is -0.826. The molecule has 0 radical (unpaired) electrons. The standard InChI is InChI=1S/C16H20F2N2O3/c1-11(21)16(23)20-9-7-19(8-10-20)14(22)6-5-12-3-2-4-13(17)15(12)18/h2-4,11,21H,5-10H2,1H3. The summed E-state index contributed by atoms with van der Waals surface area (Å²) in [6.45, 7) is 2.90. The fourth-order valence-electron chi connectivity index (χ4n) is 2.58. The second-order valence-electron chi connectivity index (χ2n) is 5.59. The highest BCUT2D eigenvalue weighted by Gasteiger charge is 2.26. The van der Waals surface area contributed by atoms with Crippen molar-refractivity contribution in [2.75, 3.05) is 26.2 Å². The Morgan fingerprint density at radius 2 is 1.78 bits per heavy atom. The van der Waals surface area contributed by atoms with Crippen molar-refractivity contribution in [3.05, 3.63) is 35.4 Å². The van der Waals surface area contributed by atoms with Crippen LogP contribution in [0.15, 0.2) is 18.2 Å². The third-order valence-corrected chi connectivity index (χ3v) is 3.94. The number of halogens is 2. The molecule has 1 aliphatic heterocycles. The molecule has 1 aliphatic rings. The predicted molar refractivity (Wildman–Crippen MR) is 79.5 cm³/mol. The molecule has 1 saturated heterocycles. The molecule has 1 atom stereocenters. The molecule has 1 fully saturated rings. The van der Waals surface area contributed by atoms with Crippen molar-refractivity contribution in [3.8, 4) is 0 Å². The summed E-state index contributed by atoms with van der Waals surface area (Å²) in [4.78, 5) is 26.9. The van der Waals surface area contributed by atoms with Crippen molar-refractivity contribution in [2.45, 2.75) is 25.9 Å². The van der Waals surface area contributed by atoms with Gasteiger partial charge in [0.05, 0.1) is 0 Å². The van der Waals surface area contributed by atoms with Crippen molar-refractivity contribution in [3.63, 3.8) is 0 Å². The van der Waals surface area contributed by atoms with Gasteiger partial charge in [0.25, 0.3) is 5.91 Å². The van der Waals surface area contributed by atoms with Crippen LogP contribution in [-0.4, -0.2) is 59.0 Å². The Hall–Kier alpha value is -2.02. The third kappa shape index (κ3) is 4.25. The lowest BCUT2D eigenvalue weighted by Gasteiger charge is -2.35. The van der Waals surface area contributed by atoms with Crippen LogP contribution in [0.1, 0.15) is 18.9 Å². The largest absolute Gasteiger partial charge is 0.384 e. The van der Waals surface area contributed by atoms with Crippen molar-refractivity contribution in [1.29, 1.82) is 0 Å². The number of carbonyl (C=O) groups is 2. The first-order valence-electron chi connectivity index (χ1n) is 7.57. The molecule has 23 heavy (non-hydrogen) atoms. The van der Waals surface area contributed by atoms with Crippen LogP contribution >= 0.6 is 0 Å². The van der Waals surface area contributed by atoms with Gasteiger partial charge in [-0.25, -0.2) is 8.78 Å². The number of aliphatic hydroxyl groups excluding tert-OH is 1. The number of hydrogen-bond acceptors (Lipinski definition) is 3. The molecule has 0 saturated carbocycles. The van der Waals surface area contributed by atoms with Crippen LogP contribution in [0.25, 0.3) is 0 Å². The number of hydrogen-bond donors (Lipinski definition) is 1. The van der Waals surface area contributed by atoms with E-state index in [9.17, 15) is 23.5 Å². The van der Waals surface area contributed by atoms with E-state index in [-0.39, 0.29) is 30.2 Å². The van der Waals surface area contributed by atoms with E-state index in [4.69, 9.17) is 0 Å². The molecule has 2 amide bonds. The maximum Gasteiger partial charge on any atom is 0.251 e. The molecule has 1 heterocycles. The molecule has 7 heteroatoms. The average molecular weight is 326 g/mol. The second-order valence-corrected chi connectivity index (χ2v) is 5.59. The fourth-order valence-corrected chi connectivity index (χ4v) is 2.58. The van der Waals surface area contributed by atoms with E-state index < -0.39 is 17.7 Å². The number of benzene rings is 1. The molecule has 0 bridgehead atoms. The first kappa shape index (κ1) is 17.3. The minimum Gasteiger partial charge on any atom is -0.384 e. The molecule has 1 unspecified atom stereocenters. The van der Waals surface area contributed by atoms with Crippen molar-refractivity contribution < 1.29 is 23.5 Å². The van der Waals surface area contributed by atoms with Crippen molar-refractivity contribution in [2.24, 2.45) is 0 Å². The number of aryl methyl sites for hydroxylation is 1. The molecular weight excluding hydrogens is 306 g/mol. The number of rotatable bonds is 4. The monoisotopic (exact) mass is 326 g/mol. The summed E-state index contributed by atoms with van der Waals surface area (Å²) in [5.74, 6) is -2.33. The van der Waals surface area contributed by atoms with Gasteiger partial charge in [0.2, 0.25) is 5.91 Å². The van der Waals surface area contributed by atoms with E-state index in [0.717, 1.165) is 6.07 Å². The number of piperazine rings is 1. The van der Waals surface area contributed by atoms with Crippen LogP contribution in [0, 0.1) is 11.6 Å². The number of carbonyl (C=O) groups excluding carboxylic acids is 2. The minimum absolute atomic E-state index is 0.0880. The van der Waals surface area contributed by atoms with Gasteiger partial charge in [0, 0.05) is 32.6 Å². The Labute approximate surface area is 133 Å². The van der Waals surface area contributed by atoms with E-state index in [1.165, 1.54) is 24.0 Å². The van der Waals surface area contributed by atoms with E-state index in [0.29, 0.717) is 26.2 Å². The second kappa shape index (κ2) is 7.50. The molecule has 5 nitrogen and oxygen atoms in total. The molecule has 1 aromatic carbocycles. The van der Waals surface area contributed by atoms with Crippen LogP contribution in [0.4, 0.5) is 8.78 Å². The zero-order valence-electron chi connectivity index (χ0n) is 13.0. The first-order valence-corrected chi connectivity index (χ1v) is 7.57. The van der Waals surface area contributed by atoms with Crippen LogP contribution in [0.3, 0.4) is 0 Å². The van der Waals surface area contributed by atoms with E-state index >= 15 is 0 Å². The van der Waals surface area contributed by atoms with Crippen LogP contribution < -0.4 is 0 Å². The Kier molecular flexibility index (Phi) is 5.65. The number of nitrogens with zero attached hydrogens (tertiary/aromatic N) is 2. The van der Waals surface area contributed by atoms with Crippen molar-refractivity contribution >= 4 is 11.8 Å². The van der Waals surface area contributed by atoms with Crippen molar-refractivity contribution in [1.82, 2.24) is 9.80 Å². The maximum atomic E-state index is 13.5. The SMILES string of the molecule is CC(O)C(=O)N1CCN(C(=O)CCc2cccc(F)c2F)CC1. The zero-order chi connectivity index (χ0) is 17.0. The van der Waals surface area contributed by atoms with E-state index in [2.05, 4.69) is 0 Å². The normalized spacial score (nSPS) is 16.3. The van der Waals surface area contributed by atoms with Gasteiger partial charge in [-0.15, -0.1) is 0 Å². The van der Waals surface area contributed by atoms with Gasteiger partial charge < -0.3 is 14.9 Å². The van der Waals surface area contributed by atoms with Gasteiger partial charge in [0.15, 0.2) is 11.6 Å². The lowest BCUT2D eigenvalue weighted by molar-refractivity contribution is -0.144. The summed E-state index contributed by atoms with van der Waals surface area (Å²) in [5.41, 5.74) is 0.182. The predicted octanol–water partition coefficient (Wildman–Crippen LogP) is 0.949. The summed E-state index contributed by atoms with van der Waals surface area (Å²) in [5, 5.41) is 9.27. The lowest BCUT2D eigenvalue weighted by Crippen LogP contribution is -2.52. The Morgan fingerprint density at radius 3 is 2.39 bits per heavy atom. The van der Waals surface area contributed by atoms with Gasteiger partial charge >= 0.3 is 0 Å². The maximum absolute atomic E-state index is 13.5. The van der Waals surface area contributed by atoms with E-state index in [1.54, 1.807) is 4.90 Å². The van der Waals surface area contributed by atoms with Gasteiger partial charge in [-0.3, -0.25) is 9.59 Å². The molecular formula is C16H20F2N2O3. The first-order chi connectivity index (χ1) is 10.9. The minimum atomic E-state index is -1.05. The highest BCUT2D eigenvalue weighted by atomic mass is 19.2. The Morgan fingerprint density at radius 1 is 1.17 bits per heavy atom. The molecule has 0 spiro atoms. The average Bonchev–Trinajstić information content (AvgIpc) is 2.55. The topological polar surface area (TPSA) is 60.9 Å². The summed E-state index contributed by atoms with van der Waals surface area (Å²) in [7, 11) is 0. The van der Waals surface area contributed by atoms with Gasteiger partial charge in [0.1, 0.15) is 6.10 Å². The van der Waals surface area contributed by atoms with Crippen LogP contribution in [0.2, 0.25) is 0 Å². The zero-order valence-corrected chi connectivity index (χ0v) is 13.0. The third-order valence-electron chi connectivity index (χ3n) is 3.94. The smallest absolute Gasteiger partial charge is 0.251 e. The molecule has 1 aromatic rings. The molecule has 0 aliphatic carbocycles. The molecule has 2 rings (SSSR count). The fraction of sp³-hybridized carbons (Fsp3) is 0.500. The van der Waals surface area contributed by atoms with Gasteiger partial charge in [-0.2, -0.15) is 0 Å².